The van der Waals surface area contributed by atoms with Crippen molar-refractivity contribution in [3.05, 3.63) is 77.5 Å². The fraction of sp³-hybridized carbons (Fsp3) is 0.190. The molecule has 2 heterocycles. The van der Waals surface area contributed by atoms with E-state index in [2.05, 4.69) is 15.7 Å². The zero-order valence-corrected chi connectivity index (χ0v) is 17.0. The third-order valence-corrected chi connectivity index (χ3v) is 6.32. The van der Waals surface area contributed by atoms with E-state index in [1.54, 1.807) is 31.2 Å². The number of benzene rings is 2. The number of nitrogens with one attached hydrogen (secondary N) is 2. The highest BCUT2D eigenvalue weighted by Gasteiger charge is 2.34. The van der Waals surface area contributed by atoms with Gasteiger partial charge >= 0.3 is 11.8 Å². The van der Waals surface area contributed by atoms with Crippen LogP contribution in [0.15, 0.2) is 60.7 Å². The largest absolute Gasteiger partial charge is 0.341 e. The predicted molar refractivity (Wildman–Crippen MR) is 112 cm³/mol. The number of nitrogens with zero attached hydrogens (tertiary/aromatic N) is 2. The summed E-state index contributed by atoms with van der Waals surface area (Å²) in [6.07, 6.45) is 0. The summed E-state index contributed by atoms with van der Waals surface area (Å²) in [7, 11) is -3.32. The molecule has 0 fully saturated rings. The van der Waals surface area contributed by atoms with Crippen LogP contribution in [0.4, 0.5) is 5.82 Å². The molecule has 30 heavy (non-hydrogen) atoms. The monoisotopic (exact) mass is 424 g/mol. The summed E-state index contributed by atoms with van der Waals surface area (Å²) in [5, 5.41) is 9.59. The van der Waals surface area contributed by atoms with E-state index in [4.69, 9.17) is 0 Å². The van der Waals surface area contributed by atoms with Crippen molar-refractivity contribution in [3.8, 4) is 5.69 Å². The Hall–Kier alpha value is -3.46. The Morgan fingerprint density at radius 1 is 0.967 bits per heavy atom. The number of hydrogen-bond acceptors (Lipinski definition) is 5. The molecular formula is C21H20N4O4S. The van der Waals surface area contributed by atoms with Gasteiger partial charge in [0.25, 0.3) is 0 Å². The lowest BCUT2D eigenvalue weighted by atomic mass is 10.1. The molecule has 0 bridgehead atoms. The van der Waals surface area contributed by atoms with Crippen LogP contribution in [0.1, 0.15) is 29.8 Å². The SMILES string of the molecule is C[C@H](NC(=O)C(=O)Nc1c2c(nn1-c1ccccc1)CS(=O)(=O)C2)c1ccccc1. The van der Waals surface area contributed by atoms with Crippen molar-refractivity contribution in [2.75, 3.05) is 5.32 Å². The molecule has 9 heteroatoms. The molecule has 0 radical (unpaired) electrons. The summed E-state index contributed by atoms with van der Waals surface area (Å²) in [4.78, 5) is 25.1. The number of carbonyl (C=O) groups excluding carboxylic acids is 2. The van der Waals surface area contributed by atoms with Gasteiger partial charge in [-0.1, -0.05) is 48.5 Å². The maximum Gasteiger partial charge on any atom is 0.314 e. The van der Waals surface area contributed by atoms with Gasteiger partial charge in [0.15, 0.2) is 9.84 Å². The van der Waals surface area contributed by atoms with Crippen LogP contribution in [-0.4, -0.2) is 30.0 Å². The molecule has 2 amide bonds. The molecule has 154 valence electrons. The Balaban J connectivity index is 1.59. The predicted octanol–water partition coefficient (Wildman–Crippen LogP) is 2.12. The quantitative estimate of drug-likeness (QED) is 0.624. The van der Waals surface area contributed by atoms with Crippen molar-refractivity contribution < 1.29 is 18.0 Å². The van der Waals surface area contributed by atoms with Crippen LogP contribution in [0, 0.1) is 0 Å². The van der Waals surface area contributed by atoms with Gasteiger partial charge < -0.3 is 10.6 Å². The average Bonchev–Trinajstić information content (AvgIpc) is 3.21. The van der Waals surface area contributed by atoms with E-state index in [0.717, 1.165) is 5.56 Å². The Bertz CT molecular complexity index is 1200. The highest BCUT2D eigenvalue weighted by molar-refractivity contribution is 7.90. The lowest BCUT2D eigenvalue weighted by Crippen LogP contribution is -2.37. The Morgan fingerprint density at radius 2 is 1.60 bits per heavy atom. The van der Waals surface area contributed by atoms with Gasteiger partial charge in [0.2, 0.25) is 0 Å². The minimum atomic E-state index is -3.32. The Labute approximate surface area is 173 Å². The fourth-order valence-electron chi connectivity index (χ4n) is 3.38. The third kappa shape index (κ3) is 3.97. The van der Waals surface area contributed by atoms with E-state index >= 15 is 0 Å². The van der Waals surface area contributed by atoms with E-state index in [0.29, 0.717) is 16.9 Å². The summed E-state index contributed by atoms with van der Waals surface area (Å²) < 4.78 is 25.5. The number of para-hydroxylation sites is 1. The van der Waals surface area contributed by atoms with Gasteiger partial charge in [0.1, 0.15) is 5.82 Å². The topological polar surface area (TPSA) is 110 Å². The van der Waals surface area contributed by atoms with E-state index in [9.17, 15) is 18.0 Å². The van der Waals surface area contributed by atoms with E-state index < -0.39 is 21.7 Å². The fourth-order valence-corrected chi connectivity index (χ4v) is 4.87. The minimum absolute atomic E-state index is 0.192. The number of hydrogen-bond donors (Lipinski definition) is 2. The van der Waals surface area contributed by atoms with Gasteiger partial charge in [-0.05, 0) is 24.6 Å². The zero-order valence-electron chi connectivity index (χ0n) is 16.2. The summed E-state index contributed by atoms with van der Waals surface area (Å²) in [6, 6.07) is 17.9. The molecule has 4 rings (SSSR count). The van der Waals surface area contributed by atoms with Crippen molar-refractivity contribution in [1.82, 2.24) is 15.1 Å². The van der Waals surface area contributed by atoms with Crippen molar-refractivity contribution >= 4 is 27.5 Å². The van der Waals surface area contributed by atoms with Gasteiger partial charge in [0, 0.05) is 5.56 Å². The second-order valence-corrected chi connectivity index (χ2v) is 9.18. The second kappa shape index (κ2) is 7.75. The normalized spacial score (nSPS) is 15.2. The maximum absolute atomic E-state index is 12.6. The molecular weight excluding hydrogens is 404 g/mol. The summed E-state index contributed by atoms with van der Waals surface area (Å²) in [5.41, 5.74) is 2.31. The standard InChI is InChI=1S/C21H20N4O4S/c1-14(15-8-4-2-5-9-15)22-20(26)21(27)23-19-17-12-30(28,29)13-18(17)24-25(19)16-10-6-3-7-11-16/h2-11,14H,12-13H2,1H3,(H,22,26)(H,23,27)/t14-/m0/s1. The lowest BCUT2D eigenvalue weighted by molar-refractivity contribution is -0.136. The molecule has 0 saturated heterocycles. The van der Waals surface area contributed by atoms with Crippen LogP contribution in [0.5, 0.6) is 0 Å². The zero-order chi connectivity index (χ0) is 21.3. The molecule has 0 spiro atoms. The van der Waals surface area contributed by atoms with Crippen molar-refractivity contribution in [1.29, 1.82) is 0 Å². The van der Waals surface area contributed by atoms with E-state index in [1.165, 1.54) is 4.68 Å². The first-order valence-electron chi connectivity index (χ1n) is 9.37. The van der Waals surface area contributed by atoms with Gasteiger partial charge in [-0.15, -0.1) is 0 Å². The van der Waals surface area contributed by atoms with Crippen molar-refractivity contribution in [2.24, 2.45) is 0 Å². The van der Waals surface area contributed by atoms with Crippen LogP contribution in [0.25, 0.3) is 5.69 Å². The summed E-state index contributed by atoms with van der Waals surface area (Å²) >= 11 is 0. The highest BCUT2D eigenvalue weighted by Crippen LogP contribution is 2.32. The molecule has 1 aliphatic rings. The molecule has 0 unspecified atom stereocenters. The molecule has 0 aliphatic carbocycles. The van der Waals surface area contributed by atoms with E-state index in [1.807, 2.05) is 36.4 Å². The highest BCUT2D eigenvalue weighted by atomic mass is 32.2. The van der Waals surface area contributed by atoms with Gasteiger partial charge in [-0.25, -0.2) is 13.1 Å². The van der Waals surface area contributed by atoms with E-state index in [-0.39, 0.29) is 23.4 Å². The number of carbonyl (C=O) groups is 2. The molecule has 2 aromatic carbocycles. The number of amides is 2. The first-order chi connectivity index (χ1) is 14.3. The number of anilines is 1. The first kappa shape index (κ1) is 19.8. The van der Waals surface area contributed by atoms with Crippen LogP contribution < -0.4 is 10.6 Å². The molecule has 1 aromatic heterocycles. The Morgan fingerprint density at radius 3 is 2.27 bits per heavy atom. The molecule has 0 saturated carbocycles. The van der Waals surface area contributed by atoms with Crippen molar-refractivity contribution in [2.45, 2.75) is 24.5 Å². The van der Waals surface area contributed by atoms with Gasteiger partial charge in [0.05, 0.1) is 28.9 Å². The smallest absolute Gasteiger partial charge is 0.314 e. The number of rotatable bonds is 4. The summed E-state index contributed by atoms with van der Waals surface area (Å²) in [6.45, 7) is 1.78. The second-order valence-electron chi connectivity index (χ2n) is 7.11. The van der Waals surface area contributed by atoms with Gasteiger partial charge in [-0.3, -0.25) is 9.59 Å². The summed E-state index contributed by atoms with van der Waals surface area (Å²) in [5.74, 6) is -1.93. The molecule has 8 nitrogen and oxygen atoms in total. The molecule has 1 atom stereocenters. The third-order valence-electron chi connectivity index (χ3n) is 4.87. The van der Waals surface area contributed by atoms with Crippen LogP contribution in [-0.2, 0) is 30.9 Å². The van der Waals surface area contributed by atoms with Crippen LogP contribution in [0.2, 0.25) is 0 Å². The first-order valence-corrected chi connectivity index (χ1v) is 11.2. The molecule has 3 aromatic rings. The molecule has 1 aliphatic heterocycles. The van der Waals surface area contributed by atoms with Crippen molar-refractivity contribution in [3.63, 3.8) is 0 Å². The lowest BCUT2D eigenvalue weighted by Gasteiger charge is -2.15. The number of sulfone groups is 1. The maximum atomic E-state index is 12.6. The minimum Gasteiger partial charge on any atom is -0.341 e. The van der Waals surface area contributed by atoms with Crippen LogP contribution in [0.3, 0.4) is 0 Å². The molecule has 2 N–H and O–H groups in total. The number of aromatic nitrogens is 2. The average molecular weight is 424 g/mol. The van der Waals surface area contributed by atoms with Crippen LogP contribution >= 0.6 is 0 Å². The number of fused-ring (bicyclic) bond motifs is 1. The Kier molecular flexibility index (Phi) is 5.13. The van der Waals surface area contributed by atoms with Gasteiger partial charge in [-0.2, -0.15) is 5.10 Å².